The van der Waals surface area contributed by atoms with Crippen molar-refractivity contribution in [1.82, 2.24) is 4.90 Å². The minimum atomic E-state index is -0.745. The number of benzene rings is 2. The van der Waals surface area contributed by atoms with Crippen LogP contribution in [0.15, 0.2) is 54.6 Å². The smallest absolute Gasteiger partial charge is 0.303 e. The fourth-order valence-electron chi connectivity index (χ4n) is 3.82. The van der Waals surface area contributed by atoms with Gasteiger partial charge in [-0.15, -0.1) is 0 Å². The van der Waals surface area contributed by atoms with E-state index in [0.717, 1.165) is 6.42 Å². The predicted molar refractivity (Wildman–Crippen MR) is 168 cm³/mol. The summed E-state index contributed by atoms with van der Waals surface area (Å²) in [6, 6.07) is 19.8. The molecule has 0 saturated carbocycles. The molecule has 2 aromatic carbocycles. The van der Waals surface area contributed by atoms with Crippen molar-refractivity contribution >= 4 is 17.1 Å². The Balaban J connectivity index is -0.000000761. The number of aliphatic carboxylic acids is 1. The van der Waals surface area contributed by atoms with Crippen LogP contribution in [0, 0.1) is 5.41 Å². The van der Waals surface area contributed by atoms with Gasteiger partial charge in [-0.1, -0.05) is 131 Å². The number of rotatable bonds is 5. The third kappa shape index (κ3) is 10.9. The maximum absolute atomic E-state index is 9.37. The normalized spacial score (nSPS) is 11.5. The SMILES string of the molecule is CC.CC.CC.CC.CCC(=O)O.CN(C)C(C)(C)C(C)(C)C1=C(c2ccccc2)Cc2ccccc21. The van der Waals surface area contributed by atoms with Crippen molar-refractivity contribution in [3.05, 3.63) is 71.3 Å². The molecule has 0 heterocycles. The van der Waals surface area contributed by atoms with E-state index >= 15 is 0 Å². The van der Waals surface area contributed by atoms with E-state index in [0.29, 0.717) is 0 Å². The number of carboxylic acids is 1. The topological polar surface area (TPSA) is 40.5 Å². The second-order valence-corrected chi connectivity index (χ2v) is 8.88. The Hall–Kier alpha value is -2.39. The summed E-state index contributed by atoms with van der Waals surface area (Å²) >= 11 is 0. The minimum Gasteiger partial charge on any atom is -0.481 e. The molecule has 0 unspecified atom stereocenters. The fourth-order valence-corrected chi connectivity index (χ4v) is 3.82. The molecule has 2 aromatic rings. The van der Waals surface area contributed by atoms with E-state index in [4.69, 9.17) is 5.11 Å². The van der Waals surface area contributed by atoms with Gasteiger partial charge < -0.3 is 10.0 Å². The average molecular weight is 514 g/mol. The lowest BCUT2D eigenvalue weighted by Crippen LogP contribution is -2.51. The standard InChI is InChI=1S/C23H29N.C3H6O2.4C2H6/c1-22(2,23(3,4)24(5)6)21-19-15-11-10-14-18(19)16-20(21)17-12-8-7-9-13-17;1-2-3(4)5;4*1-2/h7-15H,16H2,1-6H3;2H2,1H3,(H,4,5);4*1-2H3. The van der Waals surface area contributed by atoms with E-state index in [1.54, 1.807) is 6.92 Å². The molecular weight excluding hydrogens is 454 g/mol. The van der Waals surface area contributed by atoms with Gasteiger partial charge in [0.05, 0.1) is 0 Å². The fraction of sp³-hybridized carbons (Fsp3) is 0.559. The van der Waals surface area contributed by atoms with Crippen LogP contribution in [-0.2, 0) is 11.2 Å². The quantitative estimate of drug-likeness (QED) is 0.432. The highest BCUT2D eigenvalue weighted by molar-refractivity contribution is 5.99. The van der Waals surface area contributed by atoms with E-state index in [1.165, 1.54) is 27.8 Å². The highest BCUT2D eigenvalue weighted by Gasteiger charge is 2.45. The highest BCUT2D eigenvalue weighted by Crippen LogP contribution is 2.53. The first-order chi connectivity index (χ1) is 17.5. The molecule has 3 heteroatoms. The maximum atomic E-state index is 9.37. The molecule has 0 bridgehead atoms. The second kappa shape index (κ2) is 20.6. The summed E-state index contributed by atoms with van der Waals surface area (Å²) in [6.45, 7) is 27.1. The van der Waals surface area contributed by atoms with Crippen LogP contribution in [0.5, 0.6) is 0 Å². The summed E-state index contributed by atoms with van der Waals surface area (Å²) in [4.78, 5) is 11.7. The third-order valence-corrected chi connectivity index (χ3v) is 6.65. The zero-order valence-electron chi connectivity index (χ0n) is 26.9. The molecule has 0 saturated heterocycles. The summed E-state index contributed by atoms with van der Waals surface area (Å²) in [6.07, 6.45) is 1.25. The first-order valence-electron chi connectivity index (χ1n) is 14.3. The maximum Gasteiger partial charge on any atom is 0.303 e. The molecule has 0 atom stereocenters. The van der Waals surface area contributed by atoms with Crippen molar-refractivity contribution in [3.63, 3.8) is 0 Å². The van der Waals surface area contributed by atoms with Gasteiger partial charge in [-0.25, -0.2) is 0 Å². The van der Waals surface area contributed by atoms with Crippen LogP contribution in [0.2, 0.25) is 0 Å². The van der Waals surface area contributed by atoms with E-state index in [9.17, 15) is 4.79 Å². The van der Waals surface area contributed by atoms with Crippen molar-refractivity contribution in [2.75, 3.05) is 14.1 Å². The van der Waals surface area contributed by atoms with E-state index in [1.807, 2.05) is 55.4 Å². The lowest BCUT2D eigenvalue weighted by atomic mass is 9.66. The minimum absolute atomic E-state index is 0.0221. The average Bonchev–Trinajstić information content (AvgIpc) is 3.34. The first-order valence-corrected chi connectivity index (χ1v) is 14.3. The lowest BCUT2D eigenvalue weighted by Gasteiger charge is -2.48. The molecule has 0 fully saturated rings. The molecule has 37 heavy (non-hydrogen) atoms. The molecule has 0 radical (unpaired) electrons. The van der Waals surface area contributed by atoms with Gasteiger partial charge in [-0.2, -0.15) is 0 Å². The molecule has 0 spiro atoms. The molecule has 212 valence electrons. The molecule has 1 N–H and O–H groups in total. The second-order valence-electron chi connectivity index (χ2n) is 8.88. The van der Waals surface area contributed by atoms with E-state index in [2.05, 4.69) is 101 Å². The van der Waals surface area contributed by atoms with Gasteiger partial charge in [0.1, 0.15) is 0 Å². The number of carbonyl (C=O) groups is 1. The number of hydrogen-bond donors (Lipinski definition) is 1. The van der Waals surface area contributed by atoms with Gasteiger partial charge in [0.25, 0.3) is 0 Å². The Morgan fingerprint density at radius 3 is 1.59 bits per heavy atom. The number of nitrogens with zero attached hydrogens (tertiary/aromatic N) is 1. The largest absolute Gasteiger partial charge is 0.481 e. The number of allylic oxidation sites excluding steroid dienone is 1. The monoisotopic (exact) mass is 513 g/mol. The van der Waals surface area contributed by atoms with Crippen LogP contribution in [0.4, 0.5) is 0 Å². The van der Waals surface area contributed by atoms with Crippen molar-refractivity contribution in [2.24, 2.45) is 5.41 Å². The van der Waals surface area contributed by atoms with Gasteiger partial charge in [0.2, 0.25) is 0 Å². The van der Waals surface area contributed by atoms with Crippen molar-refractivity contribution in [2.45, 2.75) is 108 Å². The van der Waals surface area contributed by atoms with Crippen LogP contribution in [0.1, 0.15) is 113 Å². The van der Waals surface area contributed by atoms with Gasteiger partial charge >= 0.3 is 5.97 Å². The van der Waals surface area contributed by atoms with E-state index in [-0.39, 0.29) is 17.4 Å². The van der Waals surface area contributed by atoms with Crippen LogP contribution in [0.3, 0.4) is 0 Å². The molecule has 3 nitrogen and oxygen atoms in total. The number of carboxylic acid groups (broad SMARTS) is 1. The molecule has 0 aromatic heterocycles. The Morgan fingerprint density at radius 1 is 0.784 bits per heavy atom. The van der Waals surface area contributed by atoms with Gasteiger partial charge in [-0.3, -0.25) is 4.79 Å². The van der Waals surface area contributed by atoms with Crippen molar-refractivity contribution < 1.29 is 9.90 Å². The predicted octanol–water partition coefficient (Wildman–Crippen LogP) is 10.1. The van der Waals surface area contributed by atoms with Crippen LogP contribution in [0.25, 0.3) is 11.1 Å². The number of hydrogen-bond acceptors (Lipinski definition) is 2. The molecule has 1 aliphatic rings. The number of fused-ring (bicyclic) bond motifs is 1. The lowest BCUT2D eigenvalue weighted by molar-refractivity contribution is -0.136. The summed E-state index contributed by atoms with van der Waals surface area (Å²) in [7, 11) is 4.37. The van der Waals surface area contributed by atoms with Crippen LogP contribution < -0.4 is 0 Å². The summed E-state index contributed by atoms with van der Waals surface area (Å²) in [5.74, 6) is -0.745. The van der Waals surface area contributed by atoms with Crippen molar-refractivity contribution in [3.8, 4) is 0 Å². The summed E-state index contributed by atoms with van der Waals surface area (Å²) in [5, 5.41) is 7.72. The third-order valence-electron chi connectivity index (χ3n) is 6.65. The zero-order valence-corrected chi connectivity index (χ0v) is 26.9. The Bertz CT molecular complexity index is 878. The van der Waals surface area contributed by atoms with Crippen LogP contribution >= 0.6 is 0 Å². The summed E-state index contributed by atoms with van der Waals surface area (Å²) < 4.78 is 0. The van der Waals surface area contributed by atoms with Crippen molar-refractivity contribution in [1.29, 1.82) is 0 Å². The Morgan fingerprint density at radius 2 is 1.19 bits per heavy atom. The molecule has 0 amide bonds. The van der Waals surface area contributed by atoms with Crippen LogP contribution in [-0.4, -0.2) is 35.6 Å². The zero-order chi connectivity index (χ0) is 29.8. The molecular formula is C34H59NO2. The molecule has 3 rings (SSSR count). The molecule has 1 aliphatic carbocycles. The summed E-state index contributed by atoms with van der Waals surface area (Å²) in [5.41, 5.74) is 7.28. The first kappa shape index (κ1) is 39.1. The Labute approximate surface area is 231 Å². The van der Waals surface area contributed by atoms with Gasteiger partial charge in [0.15, 0.2) is 0 Å². The van der Waals surface area contributed by atoms with Gasteiger partial charge in [-0.05, 0) is 62.2 Å². The molecule has 0 aliphatic heterocycles. The van der Waals surface area contributed by atoms with Gasteiger partial charge in [0, 0.05) is 17.4 Å². The van der Waals surface area contributed by atoms with E-state index < -0.39 is 5.97 Å². The Kier molecular flexibility index (Phi) is 21.8. The highest BCUT2D eigenvalue weighted by atomic mass is 16.4.